The summed E-state index contributed by atoms with van der Waals surface area (Å²) in [6.07, 6.45) is 2.92. The molecule has 5 rings (SSSR count). The van der Waals surface area contributed by atoms with Crippen molar-refractivity contribution >= 4 is 29.4 Å². The van der Waals surface area contributed by atoms with E-state index in [4.69, 9.17) is 0 Å². The lowest BCUT2D eigenvalue weighted by molar-refractivity contribution is -0.147. The molecule has 3 amide bonds. The van der Waals surface area contributed by atoms with Gasteiger partial charge in [0.2, 0.25) is 0 Å². The smallest absolute Gasteiger partial charge is 0.408 e. The van der Waals surface area contributed by atoms with Crippen LogP contribution in [0.25, 0.3) is 0 Å². The molecule has 218 valence electrons. The molecule has 2 aromatic carbocycles. The Labute approximate surface area is 245 Å². The Morgan fingerprint density at radius 3 is 2.26 bits per heavy atom. The average Bonchev–Trinajstić information content (AvgIpc) is 3.39. The highest BCUT2D eigenvalue weighted by atomic mass is 16.4. The van der Waals surface area contributed by atoms with E-state index in [-0.39, 0.29) is 37.3 Å². The number of aromatic nitrogens is 1. The standard InChI is InChI=1S/C33H36N4O5/c1-32(2,3)25-12-14-26(15-13-25)37(28(24-11-7-17-34-20-24)29(39)35-21-27(38)22-35)30(40)33(16-8-18-36(33)31(41)42)19-23-9-5-4-6-10-23/h4-7,9-15,17,20,28H,8,16,18-19,21-22H2,1-3H3,(H,41,42)/t28?,33-/m1/s1. The predicted octanol–water partition coefficient (Wildman–Crippen LogP) is 4.62. The Morgan fingerprint density at radius 2 is 1.69 bits per heavy atom. The molecule has 2 atom stereocenters. The summed E-state index contributed by atoms with van der Waals surface area (Å²) in [5.74, 6) is -0.955. The minimum Gasteiger partial charge on any atom is -0.465 e. The van der Waals surface area contributed by atoms with Crippen molar-refractivity contribution < 1.29 is 24.3 Å². The normalized spacial score (nSPS) is 19.3. The molecule has 1 N–H and O–H groups in total. The number of anilines is 1. The van der Waals surface area contributed by atoms with Gasteiger partial charge in [-0.05, 0) is 47.6 Å². The van der Waals surface area contributed by atoms with Gasteiger partial charge in [-0.1, -0.05) is 69.3 Å². The lowest BCUT2D eigenvalue weighted by Gasteiger charge is -2.43. The van der Waals surface area contributed by atoms with E-state index in [2.05, 4.69) is 25.8 Å². The molecule has 2 aliphatic rings. The summed E-state index contributed by atoms with van der Waals surface area (Å²) < 4.78 is 0. The molecule has 3 heterocycles. The fourth-order valence-corrected chi connectivity index (χ4v) is 5.95. The number of nitrogens with zero attached hydrogens (tertiary/aromatic N) is 4. The number of amides is 3. The van der Waals surface area contributed by atoms with Crippen LogP contribution in [0.15, 0.2) is 79.1 Å². The van der Waals surface area contributed by atoms with E-state index in [0.29, 0.717) is 24.1 Å². The Kier molecular flexibility index (Phi) is 7.86. The molecule has 0 spiro atoms. The molecular formula is C33H36N4O5. The Morgan fingerprint density at radius 1 is 1.00 bits per heavy atom. The summed E-state index contributed by atoms with van der Waals surface area (Å²) in [4.78, 5) is 62.1. The van der Waals surface area contributed by atoms with Crippen LogP contribution in [-0.2, 0) is 26.2 Å². The minimum atomic E-state index is -1.44. The molecule has 2 aliphatic heterocycles. The fourth-order valence-electron chi connectivity index (χ4n) is 5.95. The zero-order valence-corrected chi connectivity index (χ0v) is 24.2. The van der Waals surface area contributed by atoms with E-state index >= 15 is 4.79 Å². The second-order valence-electron chi connectivity index (χ2n) is 12.1. The summed E-state index contributed by atoms with van der Waals surface area (Å²) in [5.41, 5.74) is 1.21. The van der Waals surface area contributed by atoms with Crippen molar-refractivity contribution in [2.45, 2.75) is 57.0 Å². The van der Waals surface area contributed by atoms with Crippen LogP contribution >= 0.6 is 0 Å². The maximum Gasteiger partial charge on any atom is 0.408 e. The number of rotatable bonds is 7. The van der Waals surface area contributed by atoms with Crippen molar-refractivity contribution in [1.29, 1.82) is 0 Å². The van der Waals surface area contributed by atoms with Crippen LogP contribution in [0.3, 0.4) is 0 Å². The van der Waals surface area contributed by atoms with Gasteiger partial charge in [0, 0.05) is 36.6 Å². The first-order valence-electron chi connectivity index (χ1n) is 14.2. The summed E-state index contributed by atoms with van der Waals surface area (Å²) in [6, 6.07) is 19.1. The zero-order chi connectivity index (χ0) is 30.1. The highest BCUT2D eigenvalue weighted by Gasteiger charge is 2.54. The van der Waals surface area contributed by atoms with Crippen molar-refractivity contribution in [3.63, 3.8) is 0 Å². The van der Waals surface area contributed by atoms with Crippen molar-refractivity contribution in [1.82, 2.24) is 14.8 Å². The molecule has 1 aromatic heterocycles. The largest absolute Gasteiger partial charge is 0.465 e. The number of likely N-dealkylation sites (tertiary alicyclic amines) is 2. The summed E-state index contributed by atoms with van der Waals surface area (Å²) >= 11 is 0. The zero-order valence-electron chi connectivity index (χ0n) is 24.2. The fraction of sp³-hybridized carbons (Fsp3) is 0.364. The quantitative estimate of drug-likeness (QED) is 0.445. The third kappa shape index (κ3) is 5.51. The summed E-state index contributed by atoms with van der Waals surface area (Å²) in [7, 11) is 0. The Balaban J connectivity index is 1.70. The lowest BCUT2D eigenvalue weighted by Crippen LogP contribution is -2.62. The van der Waals surface area contributed by atoms with E-state index in [0.717, 1.165) is 11.1 Å². The van der Waals surface area contributed by atoms with Crippen molar-refractivity contribution in [3.05, 3.63) is 95.8 Å². The van der Waals surface area contributed by atoms with E-state index < -0.39 is 29.5 Å². The van der Waals surface area contributed by atoms with Gasteiger partial charge in [0.05, 0.1) is 13.1 Å². The molecule has 2 fully saturated rings. The third-order valence-corrected chi connectivity index (χ3v) is 8.23. The molecule has 9 heteroatoms. The Bertz CT molecular complexity index is 1460. The second kappa shape index (κ2) is 11.4. The van der Waals surface area contributed by atoms with Gasteiger partial charge in [-0.25, -0.2) is 4.79 Å². The Hall–Kier alpha value is -4.53. The van der Waals surface area contributed by atoms with Crippen LogP contribution in [0.1, 0.15) is 56.3 Å². The number of benzene rings is 2. The number of carbonyl (C=O) groups excluding carboxylic acids is 3. The van der Waals surface area contributed by atoms with E-state index in [1.165, 1.54) is 14.7 Å². The molecule has 42 heavy (non-hydrogen) atoms. The molecule has 0 radical (unpaired) electrons. The van der Waals surface area contributed by atoms with E-state index in [1.54, 1.807) is 24.5 Å². The molecular weight excluding hydrogens is 532 g/mol. The minimum absolute atomic E-state index is 0.0308. The van der Waals surface area contributed by atoms with Gasteiger partial charge in [0.25, 0.3) is 11.8 Å². The monoisotopic (exact) mass is 568 g/mol. The summed E-state index contributed by atoms with van der Waals surface area (Å²) in [5, 5.41) is 10.3. The maximum atomic E-state index is 15.1. The van der Waals surface area contributed by atoms with Crippen molar-refractivity contribution in [2.75, 3.05) is 24.5 Å². The molecule has 0 aliphatic carbocycles. The SMILES string of the molecule is CC(C)(C)c1ccc(N(C(=O)[C@]2(Cc3ccccc3)CCCN2C(=O)O)C(C(=O)N2CC(=O)C2)c2cccnc2)cc1. The van der Waals surface area contributed by atoms with Gasteiger partial charge in [-0.15, -0.1) is 0 Å². The van der Waals surface area contributed by atoms with Crippen LogP contribution in [0.4, 0.5) is 10.5 Å². The number of carbonyl (C=O) groups is 4. The van der Waals surface area contributed by atoms with Gasteiger partial charge in [0.15, 0.2) is 5.78 Å². The lowest BCUT2D eigenvalue weighted by atomic mass is 9.84. The highest BCUT2D eigenvalue weighted by Crippen LogP contribution is 2.40. The topological polar surface area (TPSA) is 111 Å². The van der Waals surface area contributed by atoms with Crippen LogP contribution in [0.2, 0.25) is 0 Å². The third-order valence-electron chi connectivity index (χ3n) is 8.23. The molecule has 0 bridgehead atoms. The number of hydrogen-bond acceptors (Lipinski definition) is 5. The van der Waals surface area contributed by atoms with Gasteiger partial charge in [0.1, 0.15) is 11.6 Å². The van der Waals surface area contributed by atoms with E-state index in [9.17, 15) is 19.5 Å². The number of hydrogen-bond donors (Lipinski definition) is 1. The predicted molar refractivity (Wildman–Crippen MR) is 158 cm³/mol. The van der Waals surface area contributed by atoms with Gasteiger partial charge >= 0.3 is 6.09 Å². The van der Waals surface area contributed by atoms with Crippen molar-refractivity contribution in [2.24, 2.45) is 0 Å². The van der Waals surface area contributed by atoms with Gasteiger partial charge < -0.3 is 10.0 Å². The summed E-state index contributed by atoms with van der Waals surface area (Å²) in [6.45, 7) is 6.41. The van der Waals surface area contributed by atoms with Crippen molar-refractivity contribution in [3.8, 4) is 0 Å². The second-order valence-corrected chi connectivity index (χ2v) is 12.1. The molecule has 1 unspecified atom stereocenters. The maximum absolute atomic E-state index is 15.1. The molecule has 9 nitrogen and oxygen atoms in total. The first kappa shape index (κ1) is 29.0. The first-order valence-corrected chi connectivity index (χ1v) is 14.2. The van der Waals surface area contributed by atoms with Crippen LogP contribution in [0, 0.1) is 0 Å². The molecule has 3 aromatic rings. The highest BCUT2D eigenvalue weighted by molar-refractivity contribution is 6.08. The first-order chi connectivity index (χ1) is 20.0. The number of ketones is 1. The van der Waals surface area contributed by atoms with Gasteiger partial charge in [-0.2, -0.15) is 0 Å². The van der Waals surface area contributed by atoms with Crippen LogP contribution in [-0.4, -0.2) is 68.8 Å². The molecule has 2 saturated heterocycles. The van der Waals surface area contributed by atoms with Crippen LogP contribution in [0.5, 0.6) is 0 Å². The number of Topliss-reactive ketones (excluding diaryl/α,β-unsaturated/α-hetero) is 1. The van der Waals surface area contributed by atoms with Crippen LogP contribution < -0.4 is 4.90 Å². The average molecular weight is 569 g/mol. The van der Waals surface area contributed by atoms with Gasteiger partial charge in [-0.3, -0.25) is 29.2 Å². The van der Waals surface area contributed by atoms with E-state index in [1.807, 2.05) is 54.6 Å². The number of pyridine rings is 1. The molecule has 0 saturated carbocycles. The number of carboxylic acid groups (broad SMARTS) is 1.